The summed E-state index contributed by atoms with van der Waals surface area (Å²) in [4.78, 5) is 4.20. The van der Waals surface area contributed by atoms with E-state index in [1.165, 1.54) is 0 Å². The smallest absolute Gasteiger partial charge is 0.152 e. The topological polar surface area (TPSA) is 80.0 Å². The van der Waals surface area contributed by atoms with Crippen molar-refractivity contribution in [3.05, 3.63) is 23.0 Å². The van der Waals surface area contributed by atoms with Gasteiger partial charge in [-0.1, -0.05) is 0 Å². The third-order valence-electron chi connectivity index (χ3n) is 2.95. The van der Waals surface area contributed by atoms with Crippen LogP contribution in [0.4, 0.5) is 0 Å². The highest BCUT2D eigenvalue weighted by molar-refractivity contribution is 7.91. The number of hydrogen-bond acceptors (Lipinski definition) is 5. The third-order valence-corrected chi connectivity index (χ3v) is 5.25. The van der Waals surface area contributed by atoms with Gasteiger partial charge in [0.1, 0.15) is 17.4 Å². The van der Waals surface area contributed by atoms with Gasteiger partial charge in [0.25, 0.3) is 0 Å². The minimum absolute atomic E-state index is 0.0929. The number of nitrogens with zero attached hydrogens (tertiary/aromatic N) is 2. The third kappa shape index (κ3) is 4.20. The van der Waals surface area contributed by atoms with Crippen molar-refractivity contribution in [2.24, 2.45) is 0 Å². The zero-order chi connectivity index (χ0) is 15.3. The molecule has 110 valence electrons. The molecule has 0 saturated carbocycles. The fraction of sp³-hybridized carbons (Fsp3) is 0.571. The molecule has 0 aliphatic heterocycles. The van der Waals surface area contributed by atoms with Crippen molar-refractivity contribution in [2.75, 3.05) is 12.4 Å². The summed E-state index contributed by atoms with van der Waals surface area (Å²) in [5.41, 5.74) is 1.80. The molecule has 1 rings (SSSR count). The summed E-state index contributed by atoms with van der Waals surface area (Å²) in [6.07, 6.45) is 0.409. The van der Waals surface area contributed by atoms with Crippen LogP contribution in [0.3, 0.4) is 0 Å². The number of aryl methyl sites for hydroxylation is 2. The van der Waals surface area contributed by atoms with E-state index in [2.05, 4.69) is 11.1 Å². The van der Waals surface area contributed by atoms with Gasteiger partial charge in [0, 0.05) is 11.8 Å². The Morgan fingerprint density at radius 2 is 2.05 bits per heavy atom. The molecule has 0 aromatic carbocycles. The molecule has 0 N–H and O–H groups in total. The van der Waals surface area contributed by atoms with Gasteiger partial charge in [-0.05, 0) is 34.1 Å². The lowest BCUT2D eigenvalue weighted by atomic mass is 10.2. The van der Waals surface area contributed by atoms with E-state index < -0.39 is 9.84 Å². The number of nitriles is 1. The van der Waals surface area contributed by atoms with E-state index in [1.54, 1.807) is 26.8 Å². The average molecular weight is 296 g/mol. The van der Waals surface area contributed by atoms with Gasteiger partial charge in [0.2, 0.25) is 0 Å². The van der Waals surface area contributed by atoms with E-state index >= 15 is 0 Å². The Balaban J connectivity index is 2.66. The Kier molecular flexibility index (Phi) is 5.52. The van der Waals surface area contributed by atoms with Crippen LogP contribution in [-0.4, -0.2) is 31.0 Å². The fourth-order valence-corrected chi connectivity index (χ4v) is 2.71. The quantitative estimate of drug-likeness (QED) is 0.751. The standard InChI is InChI=1S/C14H20N2O3S/c1-10(2)20(17,18)7-5-6-19-14-8-11(3)16-12(4)13(14)9-15/h8,10H,5-7H2,1-4H3. The van der Waals surface area contributed by atoms with Crippen LogP contribution in [0.2, 0.25) is 0 Å². The zero-order valence-electron chi connectivity index (χ0n) is 12.3. The first kappa shape index (κ1) is 16.4. The molecule has 6 heteroatoms. The monoisotopic (exact) mass is 296 g/mol. The molecule has 20 heavy (non-hydrogen) atoms. The SMILES string of the molecule is Cc1cc(OCCCS(=O)(=O)C(C)C)c(C#N)c(C)n1. The maximum Gasteiger partial charge on any atom is 0.152 e. The molecule has 1 heterocycles. The number of sulfone groups is 1. The molecule has 0 fully saturated rings. The lowest BCUT2D eigenvalue weighted by Gasteiger charge is -2.11. The van der Waals surface area contributed by atoms with Crippen LogP contribution in [0.1, 0.15) is 37.2 Å². The van der Waals surface area contributed by atoms with Crippen molar-refractivity contribution in [2.45, 2.75) is 39.4 Å². The Bertz CT molecular complexity index is 616. The molecule has 1 aromatic rings. The molecule has 0 spiro atoms. The summed E-state index contributed by atoms with van der Waals surface area (Å²) in [6, 6.07) is 3.76. The maximum absolute atomic E-state index is 11.7. The number of rotatable bonds is 6. The molecule has 0 atom stereocenters. The van der Waals surface area contributed by atoms with Crippen LogP contribution in [0.5, 0.6) is 5.75 Å². The van der Waals surface area contributed by atoms with E-state index in [-0.39, 0.29) is 17.6 Å². The minimum Gasteiger partial charge on any atom is -0.492 e. The highest BCUT2D eigenvalue weighted by Crippen LogP contribution is 2.21. The summed E-state index contributed by atoms with van der Waals surface area (Å²) >= 11 is 0. The second-order valence-electron chi connectivity index (χ2n) is 4.95. The second-order valence-corrected chi connectivity index (χ2v) is 7.63. The first-order valence-electron chi connectivity index (χ1n) is 6.50. The summed E-state index contributed by atoms with van der Waals surface area (Å²) in [5.74, 6) is 0.565. The molecular formula is C14H20N2O3S. The number of aromatic nitrogens is 1. The molecule has 0 bridgehead atoms. The molecule has 0 saturated heterocycles. The summed E-state index contributed by atoms with van der Waals surface area (Å²) < 4.78 is 28.8. The molecule has 0 aliphatic rings. The van der Waals surface area contributed by atoms with E-state index in [9.17, 15) is 8.42 Å². The molecule has 0 amide bonds. The predicted molar refractivity (Wildman–Crippen MR) is 77.5 cm³/mol. The van der Waals surface area contributed by atoms with Crippen molar-refractivity contribution in [3.8, 4) is 11.8 Å². The molecule has 5 nitrogen and oxygen atoms in total. The summed E-state index contributed by atoms with van der Waals surface area (Å²) in [6.45, 7) is 7.18. The second kappa shape index (κ2) is 6.71. The molecule has 1 aromatic heterocycles. The van der Waals surface area contributed by atoms with E-state index in [0.717, 1.165) is 5.69 Å². The predicted octanol–water partition coefficient (Wildman–Crippen LogP) is 2.16. The van der Waals surface area contributed by atoms with Gasteiger partial charge in [0.05, 0.1) is 23.3 Å². The largest absolute Gasteiger partial charge is 0.492 e. The highest BCUT2D eigenvalue weighted by Gasteiger charge is 2.16. The zero-order valence-corrected chi connectivity index (χ0v) is 13.1. The maximum atomic E-state index is 11.7. The number of pyridine rings is 1. The summed E-state index contributed by atoms with van der Waals surface area (Å²) in [7, 11) is -3.04. The normalized spacial score (nSPS) is 11.4. The van der Waals surface area contributed by atoms with Gasteiger partial charge in [-0.2, -0.15) is 5.26 Å². The van der Waals surface area contributed by atoms with Gasteiger partial charge < -0.3 is 4.74 Å². The van der Waals surface area contributed by atoms with E-state index in [0.29, 0.717) is 23.4 Å². The first-order valence-corrected chi connectivity index (χ1v) is 8.22. The van der Waals surface area contributed by atoms with E-state index in [1.807, 2.05) is 6.92 Å². The van der Waals surface area contributed by atoms with Crippen molar-refractivity contribution in [3.63, 3.8) is 0 Å². The van der Waals surface area contributed by atoms with Crippen LogP contribution in [0.25, 0.3) is 0 Å². The number of hydrogen-bond donors (Lipinski definition) is 0. The summed E-state index contributed by atoms with van der Waals surface area (Å²) in [5, 5.41) is 8.71. The molecule has 0 unspecified atom stereocenters. The minimum atomic E-state index is -3.04. The lowest BCUT2D eigenvalue weighted by Crippen LogP contribution is -2.19. The Hall–Kier alpha value is -1.61. The van der Waals surface area contributed by atoms with E-state index in [4.69, 9.17) is 10.00 Å². The van der Waals surface area contributed by atoms with Crippen molar-refractivity contribution in [1.82, 2.24) is 4.98 Å². The van der Waals surface area contributed by atoms with Crippen LogP contribution in [0, 0.1) is 25.2 Å². The Morgan fingerprint density at radius 3 is 2.60 bits per heavy atom. The Labute approximate surface area is 120 Å². The van der Waals surface area contributed by atoms with Crippen molar-refractivity contribution >= 4 is 9.84 Å². The fourth-order valence-electron chi connectivity index (χ4n) is 1.72. The lowest BCUT2D eigenvalue weighted by molar-refractivity contribution is 0.316. The molecular weight excluding hydrogens is 276 g/mol. The molecule has 0 radical (unpaired) electrons. The van der Waals surface area contributed by atoms with Crippen LogP contribution < -0.4 is 4.74 Å². The van der Waals surface area contributed by atoms with Crippen LogP contribution in [-0.2, 0) is 9.84 Å². The van der Waals surface area contributed by atoms with Crippen LogP contribution >= 0.6 is 0 Å². The highest BCUT2D eigenvalue weighted by atomic mass is 32.2. The Morgan fingerprint density at radius 1 is 1.40 bits per heavy atom. The average Bonchev–Trinajstić information content (AvgIpc) is 2.34. The van der Waals surface area contributed by atoms with Crippen molar-refractivity contribution < 1.29 is 13.2 Å². The molecule has 0 aliphatic carbocycles. The van der Waals surface area contributed by atoms with Gasteiger partial charge in [-0.15, -0.1) is 0 Å². The van der Waals surface area contributed by atoms with Crippen molar-refractivity contribution in [1.29, 1.82) is 5.26 Å². The van der Waals surface area contributed by atoms with Gasteiger partial charge in [0.15, 0.2) is 9.84 Å². The van der Waals surface area contributed by atoms with Gasteiger partial charge in [-0.25, -0.2) is 8.42 Å². The number of ether oxygens (including phenoxy) is 1. The first-order chi connectivity index (χ1) is 9.27. The van der Waals surface area contributed by atoms with Crippen LogP contribution in [0.15, 0.2) is 6.07 Å². The van der Waals surface area contributed by atoms with Gasteiger partial charge in [-0.3, -0.25) is 4.98 Å². The van der Waals surface area contributed by atoms with Gasteiger partial charge >= 0.3 is 0 Å².